The minimum atomic E-state index is -4.49. The van der Waals surface area contributed by atoms with Gasteiger partial charge in [0.1, 0.15) is 5.69 Å². The van der Waals surface area contributed by atoms with Crippen LogP contribution < -0.4 is 5.43 Å². The predicted octanol–water partition coefficient (Wildman–Crippen LogP) is 3.07. The molecule has 2 atom stereocenters. The van der Waals surface area contributed by atoms with Crippen molar-refractivity contribution in [1.29, 1.82) is 0 Å². The lowest BCUT2D eigenvalue weighted by Gasteiger charge is -2.25. The van der Waals surface area contributed by atoms with Gasteiger partial charge in [-0.2, -0.15) is 18.3 Å². The highest BCUT2D eigenvalue weighted by Crippen LogP contribution is 2.33. The van der Waals surface area contributed by atoms with Crippen molar-refractivity contribution in [3.05, 3.63) is 51.3 Å². The molecule has 1 heterocycles. The molecule has 122 valence electrons. The quantitative estimate of drug-likeness (QED) is 0.847. The first kappa shape index (κ1) is 15.7. The number of H-pyrrole nitrogens is 1. The Morgan fingerprint density at radius 2 is 2.09 bits per heavy atom. The van der Waals surface area contributed by atoms with E-state index in [2.05, 4.69) is 10.2 Å². The van der Waals surface area contributed by atoms with Crippen LogP contribution in [-0.2, 0) is 12.6 Å². The fourth-order valence-corrected chi connectivity index (χ4v) is 2.98. The second kappa shape index (κ2) is 5.49. The number of rotatable bonds is 1. The smallest absolute Gasteiger partial charge is 0.388 e. The molecule has 0 saturated carbocycles. The van der Waals surface area contributed by atoms with Gasteiger partial charge in [-0.25, -0.2) is 0 Å². The van der Waals surface area contributed by atoms with Crippen LogP contribution in [0, 0.1) is 5.92 Å². The zero-order valence-electron chi connectivity index (χ0n) is 12.3. The van der Waals surface area contributed by atoms with Crippen LogP contribution in [0.15, 0.2) is 29.1 Å². The summed E-state index contributed by atoms with van der Waals surface area (Å²) < 4.78 is 38.4. The summed E-state index contributed by atoms with van der Waals surface area (Å²) in [5.74, 6) is 0.203. The van der Waals surface area contributed by atoms with E-state index in [0.717, 1.165) is 12.1 Å². The van der Waals surface area contributed by atoms with Crippen LogP contribution in [0.25, 0.3) is 11.3 Å². The van der Waals surface area contributed by atoms with Crippen molar-refractivity contribution in [2.75, 3.05) is 0 Å². The summed E-state index contributed by atoms with van der Waals surface area (Å²) in [5, 5.41) is 16.8. The summed E-state index contributed by atoms with van der Waals surface area (Å²) in [6.07, 6.45) is -4.39. The van der Waals surface area contributed by atoms with Gasteiger partial charge in [-0.05, 0) is 30.9 Å². The first-order chi connectivity index (χ1) is 10.8. The Balaban J connectivity index is 2.13. The van der Waals surface area contributed by atoms with Crippen LogP contribution in [0.1, 0.15) is 36.3 Å². The van der Waals surface area contributed by atoms with Gasteiger partial charge >= 0.3 is 6.18 Å². The standard InChI is InChI=1S/C16H15F3N2O2/c1-8-5-11-13(12(22)6-8)15(23)14(21-20-11)9-3-2-4-10(7-9)16(17,18)19/h2-4,7-8,12,22H,5-6H2,1H3,(H,20,23). The lowest BCUT2D eigenvalue weighted by Crippen LogP contribution is -2.27. The number of hydrogen-bond acceptors (Lipinski definition) is 3. The predicted molar refractivity (Wildman–Crippen MR) is 77.7 cm³/mol. The van der Waals surface area contributed by atoms with Crippen molar-refractivity contribution < 1.29 is 18.3 Å². The molecule has 2 aromatic rings. The summed E-state index contributed by atoms with van der Waals surface area (Å²) in [4.78, 5) is 12.6. The molecule has 23 heavy (non-hydrogen) atoms. The summed E-state index contributed by atoms with van der Waals surface area (Å²) >= 11 is 0. The average Bonchev–Trinajstić information content (AvgIpc) is 2.46. The number of halogens is 3. The van der Waals surface area contributed by atoms with E-state index in [-0.39, 0.29) is 22.7 Å². The van der Waals surface area contributed by atoms with E-state index in [0.29, 0.717) is 18.5 Å². The fourth-order valence-electron chi connectivity index (χ4n) is 2.98. The van der Waals surface area contributed by atoms with E-state index < -0.39 is 23.3 Å². The van der Waals surface area contributed by atoms with Crippen LogP contribution in [-0.4, -0.2) is 15.3 Å². The van der Waals surface area contributed by atoms with Crippen molar-refractivity contribution in [3.63, 3.8) is 0 Å². The van der Waals surface area contributed by atoms with Crippen molar-refractivity contribution in [1.82, 2.24) is 10.2 Å². The monoisotopic (exact) mass is 324 g/mol. The molecule has 0 saturated heterocycles. The summed E-state index contributed by atoms with van der Waals surface area (Å²) in [7, 11) is 0. The number of benzene rings is 1. The third-order valence-electron chi connectivity index (χ3n) is 4.06. The summed E-state index contributed by atoms with van der Waals surface area (Å²) in [6.45, 7) is 1.95. The van der Waals surface area contributed by atoms with E-state index >= 15 is 0 Å². The Kier molecular flexibility index (Phi) is 3.75. The van der Waals surface area contributed by atoms with E-state index in [1.54, 1.807) is 0 Å². The van der Waals surface area contributed by atoms with Gasteiger partial charge in [0.25, 0.3) is 0 Å². The van der Waals surface area contributed by atoms with Gasteiger partial charge < -0.3 is 5.11 Å². The number of aromatic amines is 1. The molecule has 1 aromatic heterocycles. The van der Waals surface area contributed by atoms with Crippen LogP contribution in [0.5, 0.6) is 0 Å². The lowest BCUT2D eigenvalue weighted by atomic mass is 9.85. The molecule has 1 aliphatic carbocycles. The van der Waals surface area contributed by atoms with E-state index in [1.165, 1.54) is 12.1 Å². The molecule has 0 fully saturated rings. The fraction of sp³-hybridized carbons (Fsp3) is 0.375. The third-order valence-corrected chi connectivity index (χ3v) is 4.06. The molecule has 3 rings (SSSR count). The maximum atomic E-state index is 12.8. The Morgan fingerprint density at radius 1 is 1.35 bits per heavy atom. The molecule has 0 radical (unpaired) electrons. The highest BCUT2D eigenvalue weighted by Gasteiger charge is 2.32. The minimum Gasteiger partial charge on any atom is -0.388 e. The first-order valence-corrected chi connectivity index (χ1v) is 7.24. The Hall–Kier alpha value is -2.15. The highest BCUT2D eigenvalue weighted by molar-refractivity contribution is 5.61. The van der Waals surface area contributed by atoms with Crippen molar-refractivity contribution in [3.8, 4) is 11.3 Å². The number of aliphatic hydroxyl groups excluding tert-OH is 1. The number of alkyl halides is 3. The van der Waals surface area contributed by atoms with Gasteiger partial charge in [-0.15, -0.1) is 0 Å². The Morgan fingerprint density at radius 3 is 2.78 bits per heavy atom. The largest absolute Gasteiger partial charge is 0.416 e. The Labute approximate surface area is 130 Å². The molecule has 2 N–H and O–H groups in total. The van der Waals surface area contributed by atoms with E-state index in [1.807, 2.05) is 6.92 Å². The van der Waals surface area contributed by atoms with E-state index in [9.17, 15) is 23.1 Å². The highest BCUT2D eigenvalue weighted by atomic mass is 19.4. The summed E-state index contributed by atoms with van der Waals surface area (Å²) in [5.41, 5.74) is -0.624. The number of nitrogens with one attached hydrogen (secondary N) is 1. The molecular weight excluding hydrogens is 309 g/mol. The van der Waals surface area contributed by atoms with Gasteiger partial charge in [-0.3, -0.25) is 9.89 Å². The van der Waals surface area contributed by atoms with Gasteiger partial charge in [0.15, 0.2) is 0 Å². The number of aromatic nitrogens is 2. The molecule has 7 heteroatoms. The zero-order chi connectivity index (χ0) is 16.8. The number of aliphatic hydroxyl groups is 1. The topological polar surface area (TPSA) is 66.0 Å². The Bertz CT molecular complexity index is 799. The molecule has 4 nitrogen and oxygen atoms in total. The summed E-state index contributed by atoms with van der Waals surface area (Å²) in [6, 6.07) is 4.46. The maximum absolute atomic E-state index is 12.8. The number of hydrogen-bond donors (Lipinski definition) is 2. The number of fused-ring (bicyclic) bond motifs is 1. The van der Waals surface area contributed by atoms with Gasteiger partial charge in [0.05, 0.1) is 17.2 Å². The van der Waals surface area contributed by atoms with Gasteiger partial charge in [0.2, 0.25) is 5.43 Å². The zero-order valence-corrected chi connectivity index (χ0v) is 12.3. The van der Waals surface area contributed by atoms with Gasteiger partial charge in [0, 0.05) is 11.3 Å². The van der Waals surface area contributed by atoms with Crippen LogP contribution in [0.2, 0.25) is 0 Å². The molecule has 0 aliphatic heterocycles. The molecule has 0 bridgehead atoms. The molecule has 0 amide bonds. The first-order valence-electron chi connectivity index (χ1n) is 7.24. The molecule has 1 aromatic carbocycles. The average molecular weight is 324 g/mol. The van der Waals surface area contributed by atoms with Crippen LogP contribution in [0.3, 0.4) is 0 Å². The van der Waals surface area contributed by atoms with Crippen molar-refractivity contribution in [2.24, 2.45) is 5.92 Å². The lowest BCUT2D eigenvalue weighted by molar-refractivity contribution is -0.137. The molecule has 1 aliphatic rings. The second-order valence-electron chi connectivity index (χ2n) is 5.93. The van der Waals surface area contributed by atoms with Crippen LogP contribution >= 0.6 is 0 Å². The third kappa shape index (κ3) is 2.88. The molecular formula is C16H15F3N2O2. The molecule has 2 unspecified atom stereocenters. The number of nitrogens with zero attached hydrogens (tertiary/aromatic N) is 1. The minimum absolute atomic E-state index is 0.0784. The van der Waals surface area contributed by atoms with Crippen molar-refractivity contribution >= 4 is 0 Å². The molecule has 0 spiro atoms. The maximum Gasteiger partial charge on any atom is 0.416 e. The van der Waals surface area contributed by atoms with Crippen LogP contribution in [0.4, 0.5) is 13.2 Å². The van der Waals surface area contributed by atoms with E-state index in [4.69, 9.17) is 0 Å². The van der Waals surface area contributed by atoms with Gasteiger partial charge in [-0.1, -0.05) is 19.1 Å². The van der Waals surface area contributed by atoms with Crippen molar-refractivity contribution in [2.45, 2.75) is 32.0 Å². The SMILES string of the molecule is CC1Cc2[nH]nc(-c3cccc(C(F)(F)F)c3)c(=O)c2C(O)C1. The second-order valence-corrected chi connectivity index (χ2v) is 5.93. The normalized spacial score (nSPS) is 21.1.